The molecule has 0 aromatic heterocycles. The van der Waals surface area contributed by atoms with E-state index in [1.165, 1.54) is 30.3 Å². The van der Waals surface area contributed by atoms with Crippen molar-refractivity contribution in [3.8, 4) is 28.2 Å². The van der Waals surface area contributed by atoms with Crippen LogP contribution >= 0.6 is 0 Å². The van der Waals surface area contributed by atoms with Gasteiger partial charge in [0.25, 0.3) is 20.0 Å². The van der Waals surface area contributed by atoms with Crippen LogP contribution in [0.3, 0.4) is 0 Å². The number of nitrogens with one attached hydrogen (secondary N) is 3. The lowest BCUT2D eigenvalue weighted by Crippen LogP contribution is -2.63. The fourth-order valence-corrected chi connectivity index (χ4v) is 12.8. The highest BCUT2D eigenvalue weighted by atomic mass is 32.3. The first-order valence-corrected chi connectivity index (χ1v) is 28.3. The molecule has 0 spiro atoms. The van der Waals surface area contributed by atoms with Gasteiger partial charge in [-0.25, -0.2) is 21.8 Å². The van der Waals surface area contributed by atoms with Crippen molar-refractivity contribution in [2.45, 2.75) is 82.1 Å². The summed E-state index contributed by atoms with van der Waals surface area (Å²) in [5, 5.41) is -10.1. The number of benzene rings is 6. The maximum absolute atomic E-state index is 15.8. The third kappa shape index (κ3) is 11.8. The van der Waals surface area contributed by atoms with Crippen LogP contribution in [-0.4, -0.2) is 75.2 Å². The van der Waals surface area contributed by atoms with Gasteiger partial charge in [0.15, 0.2) is 0 Å². The van der Waals surface area contributed by atoms with Crippen molar-refractivity contribution >= 4 is 63.8 Å². The van der Waals surface area contributed by atoms with Crippen LogP contribution in [0.1, 0.15) is 59.6 Å². The lowest BCUT2D eigenvalue weighted by atomic mass is 9.93. The summed E-state index contributed by atoms with van der Waals surface area (Å²) in [6.07, 6.45) is 0.609. The molecule has 1 aliphatic carbocycles. The smallest absolute Gasteiger partial charge is 0.433 e. The molecule has 3 N–H and O–H groups in total. The number of aryl methyl sites for hydroxylation is 5. The van der Waals surface area contributed by atoms with E-state index in [2.05, 4.69) is 5.32 Å². The van der Waals surface area contributed by atoms with E-state index < -0.39 is 57.1 Å². The molecule has 0 fully saturated rings. The summed E-state index contributed by atoms with van der Waals surface area (Å²) in [6.45, 7) is 14.5. The lowest BCUT2D eigenvalue weighted by molar-refractivity contribution is -0.243. The van der Waals surface area contributed by atoms with Gasteiger partial charge in [0.1, 0.15) is 23.7 Å². The van der Waals surface area contributed by atoms with Gasteiger partial charge in [-0.15, -0.1) is 0 Å². The third-order valence-corrected chi connectivity index (χ3v) is 17.8. The first kappa shape index (κ1) is 58.2. The standard InChI is InChI=1S/C54H56F6N4O10S3/c1-9-33(3)38-14-16-39(17-15-38)63-76(67,68)53(57,58)52(55,56)54(59,60)77(69,70)64-75(65,66)48-13-11-10-12-45(48)49-43-20-18-40(61-50-34(4)26-32(2)27-35(50)5)30-46(43)74-47-31-41(19-21-44(47)49)62-51-36(6)28-42(29-37(51)7)73-25-24-72-23-22-71-8/h10-21,26-31,33,61,63-64H,9,22-25H2,1-8H3/b62-41+. The first-order valence-electron chi connectivity index (χ1n) is 23.9. The number of halogens is 6. The monoisotopic (exact) mass is 1130 g/mol. The van der Waals surface area contributed by atoms with Crippen LogP contribution in [0, 0.1) is 34.6 Å². The number of alkyl halides is 6. The molecular formula is C54H56F6N4O10S3. The van der Waals surface area contributed by atoms with E-state index in [4.69, 9.17) is 23.6 Å². The predicted molar refractivity (Wildman–Crippen MR) is 283 cm³/mol. The molecule has 0 saturated carbocycles. The number of methoxy groups -OCH3 is 1. The molecule has 2 aliphatic rings. The van der Waals surface area contributed by atoms with Crippen LogP contribution < -0.4 is 24.3 Å². The molecule has 23 heteroatoms. The second-order valence-corrected chi connectivity index (χ2v) is 23.8. The zero-order valence-corrected chi connectivity index (χ0v) is 45.5. The number of ether oxygens (including phenoxy) is 3. The minimum atomic E-state index is -7.49. The SMILES string of the molecule is CCC(C)c1ccc(NS(=O)(=O)C(F)(F)C(F)(F)C(F)(F)S(=O)(=O)NS(=O)(=O)c2ccccc2-c2c3cc/c(=N\c4c(C)cc(OCCOCCOC)cc4C)cc-3oc3cc(Nc4c(C)cc(C)cc4C)ccc23)cc1. The molecule has 1 atom stereocenters. The Kier molecular flexibility index (Phi) is 17.0. The van der Waals surface area contributed by atoms with E-state index in [9.17, 15) is 25.3 Å². The Balaban J connectivity index is 1.30. The third-order valence-electron chi connectivity index (χ3n) is 12.7. The van der Waals surface area contributed by atoms with Gasteiger partial charge in [-0.05, 0) is 129 Å². The molecule has 412 valence electrons. The van der Waals surface area contributed by atoms with E-state index in [0.29, 0.717) is 58.4 Å². The highest BCUT2D eigenvalue weighted by molar-refractivity contribution is 8.05. The molecule has 14 nitrogen and oxygen atoms in total. The summed E-state index contributed by atoms with van der Waals surface area (Å²) in [4.78, 5) is 3.79. The Morgan fingerprint density at radius 2 is 1.27 bits per heavy atom. The zero-order chi connectivity index (χ0) is 56.5. The van der Waals surface area contributed by atoms with Gasteiger partial charge < -0.3 is 23.9 Å². The van der Waals surface area contributed by atoms with Crippen molar-refractivity contribution < 1.29 is 70.2 Å². The normalized spacial score (nSPS) is 13.6. The molecule has 0 radical (unpaired) electrons. The second kappa shape index (κ2) is 22.5. The Bertz CT molecular complexity index is 3680. The number of rotatable bonds is 22. The Hall–Kier alpha value is -6.50. The van der Waals surface area contributed by atoms with Crippen molar-refractivity contribution in [3.05, 3.63) is 148 Å². The number of hydrogen-bond acceptors (Lipinski definition) is 12. The lowest BCUT2D eigenvalue weighted by Gasteiger charge is -2.31. The van der Waals surface area contributed by atoms with Crippen LogP contribution in [0.5, 0.6) is 5.75 Å². The van der Waals surface area contributed by atoms with E-state index >= 15 is 26.3 Å². The summed E-state index contributed by atoms with van der Waals surface area (Å²) in [5.41, 5.74) is 5.96. The number of nitrogens with zero attached hydrogens (tertiary/aromatic N) is 1. The fraction of sp³-hybridized carbons (Fsp3) is 0.315. The summed E-state index contributed by atoms with van der Waals surface area (Å²) in [5.74, 6) is -6.73. The van der Waals surface area contributed by atoms with Gasteiger partial charge in [-0.3, -0.25) is 4.72 Å². The topological polar surface area (TPSA) is 192 Å². The molecule has 77 heavy (non-hydrogen) atoms. The average Bonchev–Trinajstić information content (AvgIpc) is 3.36. The van der Waals surface area contributed by atoms with Gasteiger partial charge in [-0.1, -0.05) is 66.0 Å². The Morgan fingerprint density at radius 1 is 0.662 bits per heavy atom. The van der Waals surface area contributed by atoms with Gasteiger partial charge in [0, 0.05) is 58.4 Å². The van der Waals surface area contributed by atoms with Crippen molar-refractivity contribution in [2.24, 2.45) is 4.99 Å². The summed E-state index contributed by atoms with van der Waals surface area (Å²) < 4.78 is 199. The maximum Gasteiger partial charge on any atom is 0.433 e. The predicted octanol–water partition coefficient (Wildman–Crippen LogP) is 12.1. The van der Waals surface area contributed by atoms with Gasteiger partial charge in [0.2, 0.25) is 0 Å². The largest absolute Gasteiger partial charge is 0.491 e. The average molecular weight is 1130 g/mol. The zero-order valence-electron chi connectivity index (χ0n) is 43.0. The van der Waals surface area contributed by atoms with Crippen molar-refractivity contribution in [2.75, 3.05) is 43.6 Å². The van der Waals surface area contributed by atoms with Crippen LogP contribution in [0.25, 0.3) is 33.4 Å². The number of sulfonamides is 3. The molecule has 0 bridgehead atoms. The van der Waals surface area contributed by atoms with E-state index in [0.717, 1.165) is 62.5 Å². The van der Waals surface area contributed by atoms with Crippen molar-refractivity contribution in [1.82, 2.24) is 4.13 Å². The highest BCUT2D eigenvalue weighted by Gasteiger charge is 2.82. The van der Waals surface area contributed by atoms with Gasteiger partial charge in [0.05, 0.1) is 35.8 Å². The maximum atomic E-state index is 15.8. The fourth-order valence-electron chi connectivity index (χ4n) is 8.60. The first-order chi connectivity index (χ1) is 36.1. The number of hydrogen-bond donors (Lipinski definition) is 3. The molecule has 0 amide bonds. The summed E-state index contributed by atoms with van der Waals surface area (Å²) in [7, 11) is -18.8. The van der Waals surface area contributed by atoms with E-state index in [-0.39, 0.29) is 45.9 Å². The minimum absolute atomic E-state index is 0.0125. The molecule has 1 aliphatic heterocycles. The molecule has 0 saturated heterocycles. The number of fused-ring (bicyclic) bond motifs is 2. The molecule has 1 unspecified atom stereocenters. The van der Waals surface area contributed by atoms with Crippen molar-refractivity contribution in [1.29, 1.82) is 0 Å². The quantitative estimate of drug-likeness (QED) is 0.0332. The van der Waals surface area contributed by atoms with Crippen LogP contribution in [0.15, 0.2) is 123 Å². The molecule has 1 heterocycles. The van der Waals surface area contributed by atoms with Crippen molar-refractivity contribution in [3.63, 3.8) is 0 Å². The summed E-state index contributed by atoms with van der Waals surface area (Å²) >= 11 is 0. The van der Waals surface area contributed by atoms with Crippen LogP contribution in [-0.2, 0) is 39.5 Å². The van der Waals surface area contributed by atoms with Gasteiger partial charge in [-0.2, -0.15) is 34.8 Å². The number of anilines is 3. The Morgan fingerprint density at radius 3 is 1.91 bits per heavy atom. The summed E-state index contributed by atoms with van der Waals surface area (Å²) in [6, 6.07) is 25.7. The Labute approximate surface area is 443 Å². The van der Waals surface area contributed by atoms with Gasteiger partial charge >= 0.3 is 26.5 Å². The molecule has 5 aromatic rings. The molecule has 5 aromatic carbocycles. The second-order valence-electron chi connectivity index (χ2n) is 18.5. The van der Waals surface area contributed by atoms with Crippen LogP contribution in [0.4, 0.5) is 49.1 Å². The minimum Gasteiger partial charge on any atom is -0.491 e. The van der Waals surface area contributed by atoms with Crippen LogP contribution in [0.2, 0.25) is 0 Å². The molecular weight excluding hydrogens is 1070 g/mol. The van der Waals surface area contributed by atoms with E-state index in [1.807, 2.05) is 53.7 Å². The van der Waals surface area contributed by atoms with E-state index in [1.54, 1.807) is 56.5 Å². The molecule has 7 rings (SSSR count). The highest BCUT2D eigenvalue weighted by Crippen LogP contribution is 2.51.